The zero-order valence-corrected chi connectivity index (χ0v) is 12.7. The van der Waals surface area contributed by atoms with Gasteiger partial charge in [-0.15, -0.1) is 0 Å². The van der Waals surface area contributed by atoms with Crippen LogP contribution in [-0.2, 0) is 0 Å². The number of hydrogen-bond acceptors (Lipinski definition) is 2. The van der Waals surface area contributed by atoms with Crippen LogP contribution in [0.5, 0.6) is 0 Å². The number of halogens is 1. The molecule has 0 bridgehead atoms. The second-order valence-corrected chi connectivity index (χ2v) is 5.94. The summed E-state index contributed by atoms with van der Waals surface area (Å²) < 4.78 is 1.13. The first-order chi connectivity index (χ1) is 8.79. The Hall–Kier alpha value is -0.540. The molecule has 0 saturated carbocycles. The molecule has 1 unspecified atom stereocenters. The van der Waals surface area contributed by atoms with Crippen molar-refractivity contribution in [3.8, 4) is 0 Å². The molecule has 1 heterocycles. The van der Waals surface area contributed by atoms with E-state index in [9.17, 15) is 0 Å². The quantitative estimate of drug-likeness (QED) is 0.880. The van der Waals surface area contributed by atoms with Crippen molar-refractivity contribution in [2.45, 2.75) is 38.6 Å². The third-order valence-corrected chi connectivity index (χ3v) is 4.32. The molecular formula is C15H23BrN2. The van der Waals surface area contributed by atoms with Crippen LogP contribution >= 0.6 is 15.9 Å². The van der Waals surface area contributed by atoms with Crippen LogP contribution in [0.3, 0.4) is 0 Å². The van der Waals surface area contributed by atoms with Gasteiger partial charge in [0.25, 0.3) is 0 Å². The zero-order valence-electron chi connectivity index (χ0n) is 11.2. The van der Waals surface area contributed by atoms with Gasteiger partial charge in [-0.2, -0.15) is 0 Å². The SMILES string of the molecule is CCC1CCCCN1CCNc1ccc(Br)cc1. The minimum atomic E-state index is 0.811. The van der Waals surface area contributed by atoms with Crippen LogP contribution in [0.4, 0.5) is 5.69 Å². The van der Waals surface area contributed by atoms with Gasteiger partial charge in [-0.05, 0) is 50.1 Å². The summed E-state index contributed by atoms with van der Waals surface area (Å²) in [6.07, 6.45) is 5.46. The molecule has 1 aliphatic rings. The molecule has 1 atom stereocenters. The third-order valence-electron chi connectivity index (χ3n) is 3.79. The van der Waals surface area contributed by atoms with Crippen molar-refractivity contribution in [3.05, 3.63) is 28.7 Å². The summed E-state index contributed by atoms with van der Waals surface area (Å²) in [6, 6.07) is 9.22. The van der Waals surface area contributed by atoms with Crippen LogP contribution in [0.25, 0.3) is 0 Å². The number of anilines is 1. The molecule has 0 amide bonds. The molecule has 0 aromatic heterocycles. The van der Waals surface area contributed by atoms with E-state index in [1.165, 1.54) is 37.9 Å². The van der Waals surface area contributed by atoms with E-state index in [0.29, 0.717) is 0 Å². The van der Waals surface area contributed by atoms with E-state index in [-0.39, 0.29) is 0 Å². The summed E-state index contributed by atoms with van der Waals surface area (Å²) in [7, 11) is 0. The predicted molar refractivity (Wildman–Crippen MR) is 82.1 cm³/mol. The van der Waals surface area contributed by atoms with Gasteiger partial charge in [-0.1, -0.05) is 29.3 Å². The molecule has 100 valence electrons. The largest absolute Gasteiger partial charge is 0.384 e. The molecule has 2 rings (SSSR count). The maximum atomic E-state index is 3.50. The van der Waals surface area contributed by atoms with Gasteiger partial charge in [-0.25, -0.2) is 0 Å². The molecule has 1 aromatic rings. The Balaban J connectivity index is 1.75. The lowest BCUT2D eigenvalue weighted by atomic mass is 10.0. The molecule has 0 radical (unpaired) electrons. The van der Waals surface area contributed by atoms with Crippen molar-refractivity contribution < 1.29 is 0 Å². The fourth-order valence-electron chi connectivity index (χ4n) is 2.73. The number of rotatable bonds is 5. The van der Waals surface area contributed by atoms with Gasteiger partial charge in [0.1, 0.15) is 0 Å². The number of piperidine rings is 1. The lowest BCUT2D eigenvalue weighted by Crippen LogP contribution is -2.41. The smallest absolute Gasteiger partial charge is 0.0341 e. The summed E-state index contributed by atoms with van der Waals surface area (Å²) >= 11 is 3.46. The zero-order chi connectivity index (χ0) is 12.8. The standard InChI is InChI=1S/C15H23BrN2/c1-2-15-5-3-4-11-18(15)12-10-17-14-8-6-13(16)7-9-14/h6-9,15,17H,2-5,10-12H2,1H3. The highest BCUT2D eigenvalue weighted by atomic mass is 79.9. The van der Waals surface area contributed by atoms with E-state index >= 15 is 0 Å². The minimum absolute atomic E-state index is 0.811. The number of hydrogen-bond donors (Lipinski definition) is 1. The molecular weight excluding hydrogens is 288 g/mol. The molecule has 1 aromatic carbocycles. The number of nitrogens with zero attached hydrogens (tertiary/aromatic N) is 1. The fourth-order valence-corrected chi connectivity index (χ4v) is 2.99. The maximum Gasteiger partial charge on any atom is 0.0341 e. The van der Waals surface area contributed by atoms with Crippen molar-refractivity contribution in [3.63, 3.8) is 0 Å². The molecule has 2 nitrogen and oxygen atoms in total. The molecule has 1 saturated heterocycles. The van der Waals surface area contributed by atoms with Crippen LogP contribution in [0.1, 0.15) is 32.6 Å². The number of nitrogens with one attached hydrogen (secondary N) is 1. The Morgan fingerprint density at radius 3 is 2.78 bits per heavy atom. The fraction of sp³-hybridized carbons (Fsp3) is 0.600. The Bertz CT molecular complexity index is 350. The van der Waals surface area contributed by atoms with E-state index in [4.69, 9.17) is 0 Å². The van der Waals surface area contributed by atoms with E-state index in [1.807, 2.05) is 0 Å². The highest BCUT2D eigenvalue weighted by Crippen LogP contribution is 2.19. The second kappa shape index (κ2) is 7.15. The van der Waals surface area contributed by atoms with Gasteiger partial charge in [0, 0.05) is 29.3 Å². The summed E-state index contributed by atoms with van der Waals surface area (Å²) in [4.78, 5) is 2.65. The summed E-state index contributed by atoms with van der Waals surface area (Å²) in [5.41, 5.74) is 1.21. The Kier molecular flexibility index (Phi) is 5.51. The maximum absolute atomic E-state index is 3.50. The molecule has 1 fully saturated rings. The van der Waals surface area contributed by atoms with Gasteiger partial charge in [0.15, 0.2) is 0 Å². The average Bonchev–Trinajstić information content (AvgIpc) is 2.41. The Morgan fingerprint density at radius 1 is 1.28 bits per heavy atom. The Labute approximate surface area is 119 Å². The normalized spacial score (nSPS) is 20.9. The van der Waals surface area contributed by atoms with Gasteiger partial charge in [-0.3, -0.25) is 4.90 Å². The van der Waals surface area contributed by atoms with Crippen LogP contribution in [0.2, 0.25) is 0 Å². The third kappa shape index (κ3) is 3.99. The second-order valence-electron chi connectivity index (χ2n) is 5.03. The number of benzene rings is 1. The molecule has 1 N–H and O–H groups in total. The van der Waals surface area contributed by atoms with Crippen LogP contribution in [0, 0.1) is 0 Å². The highest BCUT2D eigenvalue weighted by molar-refractivity contribution is 9.10. The summed E-state index contributed by atoms with van der Waals surface area (Å²) in [5.74, 6) is 0. The first-order valence-electron chi connectivity index (χ1n) is 7.03. The van der Waals surface area contributed by atoms with E-state index in [1.54, 1.807) is 0 Å². The molecule has 0 spiro atoms. The average molecular weight is 311 g/mol. The van der Waals surface area contributed by atoms with Crippen molar-refractivity contribution >= 4 is 21.6 Å². The first-order valence-corrected chi connectivity index (χ1v) is 7.82. The van der Waals surface area contributed by atoms with Crippen molar-refractivity contribution in [2.24, 2.45) is 0 Å². The summed E-state index contributed by atoms with van der Waals surface area (Å²) in [6.45, 7) is 5.79. The minimum Gasteiger partial charge on any atom is -0.384 e. The van der Waals surface area contributed by atoms with Crippen molar-refractivity contribution in [1.82, 2.24) is 4.90 Å². The Morgan fingerprint density at radius 2 is 2.06 bits per heavy atom. The van der Waals surface area contributed by atoms with Crippen molar-refractivity contribution in [2.75, 3.05) is 25.0 Å². The van der Waals surface area contributed by atoms with Gasteiger partial charge in [0.2, 0.25) is 0 Å². The summed E-state index contributed by atoms with van der Waals surface area (Å²) in [5, 5.41) is 3.50. The van der Waals surface area contributed by atoms with Gasteiger partial charge >= 0.3 is 0 Å². The van der Waals surface area contributed by atoms with Crippen LogP contribution in [0.15, 0.2) is 28.7 Å². The van der Waals surface area contributed by atoms with Gasteiger partial charge < -0.3 is 5.32 Å². The predicted octanol–water partition coefficient (Wildman–Crippen LogP) is 4.13. The van der Waals surface area contributed by atoms with Crippen LogP contribution in [-0.4, -0.2) is 30.6 Å². The monoisotopic (exact) mass is 310 g/mol. The molecule has 1 aliphatic heterocycles. The van der Waals surface area contributed by atoms with E-state index in [2.05, 4.69) is 57.3 Å². The van der Waals surface area contributed by atoms with E-state index < -0.39 is 0 Å². The van der Waals surface area contributed by atoms with E-state index in [0.717, 1.165) is 23.6 Å². The first kappa shape index (κ1) is 13.9. The number of likely N-dealkylation sites (tertiary alicyclic amines) is 1. The highest BCUT2D eigenvalue weighted by Gasteiger charge is 2.19. The topological polar surface area (TPSA) is 15.3 Å². The molecule has 0 aliphatic carbocycles. The van der Waals surface area contributed by atoms with Crippen LogP contribution < -0.4 is 5.32 Å². The van der Waals surface area contributed by atoms with Gasteiger partial charge in [0.05, 0.1) is 0 Å². The molecule has 18 heavy (non-hydrogen) atoms. The lowest BCUT2D eigenvalue weighted by Gasteiger charge is -2.35. The van der Waals surface area contributed by atoms with Crippen molar-refractivity contribution in [1.29, 1.82) is 0 Å². The molecule has 3 heteroatoms. The lowest BCUT2D eigenvalue weighted by molar-refractivity contribution is 0.150.